The van der Waals surface area contributed by atoms with E-state index in [-0.39, 0.29) is 11.7 Å². The van der Waals surface area contributed by atoms with Gasteiger partial charge in [0.05, 0.1) is 24.3 Å². The molecule has 30 heavy (non-hydrogen) atoms. The Balaban J connectivity index is 1.84. The average molecular weight is 441 g/mol. The minimum atomic E-state index is -1.54. The summed E-state index contributed by atoms with van der Waals surface area (Å²) in [5, 5.41) is 39.8. The molecule has 164 valence electrons. The second-order valence-corrected chi connectivity index (χ2v) is 7.81. The molecular formula is C21H25ClO8. The molecule has 9 heteroatoms. The fraction of sp³-hybridized carbons (Fsp3) is 0.476. The third-order valence-electron chi connectivity index (χ3n) is 5.30. The number of halogens is 1. The highest BCUT2D eigenvalue weighted by molar-refractivity contribution is 6.30. The molecule has 1 fully saturated rings. The van der Waals surface area contributed by atoms with Gasteiger partial charge >= 0.3 is 5.97 Å². The largest absolute Gasteiger partial charge is 0.465 e. The van der Waals surface area contributed by atoms with E-state index in [9.17, 15) is 25.2 Å². The van der Waals surface area contributed by atoms with Crippen LogP contribution in [0.3, 0.4) is 0 Å². The van der Waals surface area contributed by atoms with Gasteiger partial charge in [0.2, 0.25) is 6.29 Å². The molecule has 0 spiro atoms. The van der Waals surface area contributed by atoms with Crippen molar-refractivity contribution in [2.45, 2.75) is 44.1 Å². The Morgan fingerprint density at radius 2 is 1.83 bits per heavy atom. The monoisotopic (exact) mass is 440 g/mol. The molecule has 4 N–H and O–H groups in total. The molecule has 0 amide bonds. The van der Waals surface area contributed by atoms with Gasteiger partial charge in [-0.15, -0.1) is 0 Å². The van der Waals surface area contributed by atoms with Crippen molar-refractivity contribution in [1.29, 1.82) is 0 Å². The Kier molecular flexibility index (Phi) is 7.18. The first-order chi connectivity index (χ1) is 14.3. The van der Waals surface area contributed by atoms with Gasteiger partial charge in [-0.05, 0) is 41.7 Å². The van der Waals surface area contributed by atoms with Gasteiger partial charge in [0, 0.05) is 0 Å². The summed E-state index contributed by atoms with van der Waals surface area (Å²) in [4.78, 5) is 11.6. The van der Waals surface area contributed by atoms with E-state index in [2.05, 4.69) is 0 Å². The molecule has 1 aromatic rings. The summed E-state index contributed by atoms with van der Waals surface area (Å²) in [6.07, 6.45) is -4.77. The van der Waals surface area contributed by atoms with Gasteiger partial charge in [-0.3, -0.25) is 0 Å². The zero-order valence-corrected chi connectivity index (χ0v) is 17.3. The predicted molar refractivity (Wildman–Crippen MR) is 107 cm³/mol. The molecular weight excluding hydrogens is 416 g/mol. The van der Waals surface area contributed by atoms with Crippen molar-refractivity contribution < 1.29 is 39.4 Å². The summed E-state index contributed by atoms with van der Waals surface area (Å²) in [5.74, 6) is -0.114. The van der Waals surface area contributed by atoms with Crippen molar-refractivity contribution in [3.63, 3.8) is 0 Å². The maximum atomic E-state index is 11.6. The molecule has 0 bridgehead atoms. The lowest BCUT2D eigenvalue weighted by atomic mass is 9.87. The number of ether oxygens (including phenoxy) is 3. The first-order valence-electron chi connectivity index (χ1n) is 9.53. The van der Waals surface area contributed by atoms with Gasteiger partial charge in [-0.1, -0.05) is 30.7 Å². The van der Waals surface area contributed by atoms with Gasteiger partial charge in [0.25, 0.3) is 0 Å². The Hall–Kier alpha value is -1.94. The van der Waals surface area contributed by atoms with E-state index < -0.39 is 43.3 Å². The summed E-state index contributed by atoms with van der Waals surface area (Å²) < 4.78 is 15.8. The van der Waals surface area contributed by atoms with Crippen LogP contribution in [0.4, 0.5) is 0 Å². The van der Waals surface area contributed by atoms with E-state index in [0.717, 1.165) is 11.1 Å². The van der Waals surface area contributed by atoms with Crippen molar-refractivity contribution in [2.75, 3.05) is 13.7 Å². The van der Waals surface area contributed by atoms with Gasteiger partial charge < -0.3 is 34.6 Å². The summed E-state index contributed by atoms with van der Waals surface area (Å²) in [7, 11) is 1.32. The molecule has 0 saturated carbocycles. The number of allylic oxidation sites excluding steroid dienone is 3. The third kappa shape index (κ3) is 4.54. The smallest absolute Gasteiger partial charge is 0.337 e. The number of aliphatic hydroxyl groups excluding tert-OH is 4. The summed E-state index contributed by atoms with van der Waals surface area (Å²) in [6.45, 7) is 1.44. The quantitative estimate of drug-likeness (QED) is 0.503. The van der Waals surface area contributed by atoms with Crippen LogP contribution in [0.25, 0.3) is 5.57 Å². The molecule has 1 aromatic carbocycles. The normalized spacial score (nSPS) is 31.9. The first-order valence-corrected chi connectivity index (χ1v) is 9.90. The maximum Gasteiger partial charge on any atom is 0.337 e. The van der Waals surface area contributed by atoms with Crippen LogP contribution >= 0.6 is 11.6 Å². The van der Waals surface area contributed by atoms with Crippen molar-refractivity contribution in [3.05, 3.63) is 52.3 Å². The highest BCUT2D eigenvalue weighted by atomic mass is 35.5. The molecule has 1 aliphatic carbocycles. The van der Waals surface area contributed by atoms with Crippen LogP contribution in [0.5, 0.6) is 0 Å². The SMILES string of the molecule is COC(=O)c1ccc(C2=CC(O[C@H]3OC(CO)[C@@H](O)C(O)C3O)=C(Cl)CC2C)cc1. The van der Waals surface area contributed by atoms with Crippen molar-refractivity contribution in [1.82, 2.24) is 0 Å². The molecule has 3 rings (SSSR count). The fourth-order valence-electron chi connectivity index (χ4n) is 3.51. The van der Waals surface area contributed by atoms with Crippen LogP contribution in [0.2, 0.25) is 0 Å². The van der Waals surface area contributed by atoms with Crippen molar-refractivity contribution in [2.24, 2.45) is 5.92 Å². The molecule has 6 atom stereocenters. The Morgan fingerprint density at radius 3 is 2.43 bits per heavy atom. The molecule has 0 aromatic heterocycles. The lowest BCUT2D eigenvalue weighted by molar-refractivity contribution is -0.290. The molecule has 4 unspecified atom stereocenters. The zero-order valence-electron chi connectivity index (χ0n) is 16.6. The number of hydrogen-bond acceptors (Lipinski definition) is 8. The predicted octanol–water partition coefficient (Wildman–Crippen LogP) is 1.16. The highest BCUT2D eigenvalue weighted by Gasteiger charge is 2.45. The Bertz CT molecular complexity index is 832. The standard InChI is InChI=1S/C21H25ClO8/c1-10-7-14(22)15(29-21-19(26)18(25)17(24)16(9-23)30-21)8-13(10)11-3-5-12(6-4-11)20(27)28-2/h3-6,8,10,16-19,21,23-26H,7,9H2,1-2H3/t10?,16?,17-,18?,19?,21+/m1/s1. The number of carbonyl (C=O) groups is 1. The summed E-state index contributed by atoms with van der Waals surface area (Å²) in [5.41, 5.74) is 2.18. The number of hydrogen-bond donors (Lipinski definition) is 4. The van der Waals surface area contributed by atoms with Crippen LogP contribution < -0.4 is 0 Å². The number of esters is 1. The average Bonchev–Trinajstić information content (AvgIpc) is 2.75. The Morgan fingerprint density at radius 1 is 1.17 bits per heavy atom. The van der Waals surface area contributed by atoms with E-state index in [1.165, 1.54) is 7.11 Å². The number of carbonyl (C=O) groups excluding carboxylic acids is 1. The highest BCUT2D eigenvalue weighted by Crippen LogP contribution is 2.38. The van der Waals surface area contributed by atoms with Crippen molar-refractivity contribution in [3.8, 4) is 0 Å². The van der Waals surface area contributed by atoms with Crippen LogP contribution in [0, 0.1) is 5.92 Å². The summed E-state index contributed by atoms with van der Waals surface area (Å²) >= 11 is 6.37. The van der Waals surface area contributed by atoms with E-state index in [1.54, 1.807) is 30.3 Å². The van der Waals surface area contributed by atoms with Gasteiger partial charge in [-0.25, -0.2) is 4.79 Å². The van der Waals surface area contributed by atoms with Gasteiger partial charge in [0.1, 0.15) is 30.2 Å². The zero-order chi connectivity index (χ0) is 22.0. The molecule has 1 heterocycles. The molecule has 1 aliphatic heterocycles. The fourth-order valence-corrected chi connectivity index (χ4v) is 3.84. The van der Waals surface area contributed by atoms with E-state index in [1.807, 2.05) is 6.92 Å². The lowest BCUT2D eigenvalue weighted by Crippen LogP contribution is -2.59. The topological polar surface area (TPSA) is 126 Å². The second kappa shape index (κ2) is 9.47. The van der Waals surface area contributed by atoms with Crippen LogP contribution in [0.1, 0.15) is 29.3 Å². The molecule has 1 saturated heterocycles. The maximum absolute atomic E-state index is 11.6. The van der Waals surface area contributed by atoms with Crippen LogP contribution in [0.15, 0.2) is 41.1 Å². The molecule has 2 aliphatic rings. The third-order valence-corrected chi connectivity index (χ3v) is 5.64. The molecule has 0 radical (unpaired) electrons. The summed E-state index contributed by atoms with van der Waals surface area (Å²) in [6, 6.07) is 6.90. The van der Waals surface area contributed by atoms with E-state index in [0.29, 0.717) is 17.0 Å². The Labute approximate surface area is 178 Å². The van der Waals surface area contributed by atoms with E-state index in [4.69, 9.17) is 25.8 Å². The number of benzene rings is 1. The first kappa shape index (κ1) is 22.7. The van der Waals surface area contributed by atoms with Gasteiger partial charge in [0.15, 0.2) is 0 Å². The number of aliphatic hydroxyl groups is 4. The molecule has 8 nitrogen and oxygen atoms in total. The lowest BCUT2D eigenvalue weighted by Gasteiger charge is -2.40. The minimum Gasteiger partial charge on any atom is -0.465 e. The van der Waals surface area contributed by atoms with Gasteiger partial charge in [-0.2, -0.15) is 0 Å². The van der Waals surface area contributed by atoms with Crippen LogP contribution in [-0.4, -0.2) is 70.8 Å². The van der Waals surface area contributed by atoms with Crippen molar-refractivity contribution >= 4 is 23.1 Å². The minimum absolute atomic E-state index is 0.0589. The number of methoxy groups -OCH3 is 1. The second-order valence-electron chi connectivity index (χ2n) is 7.36. The van der Waals surface area contributed by atoms with Crippen LogP contribution in [-0.2, 0) is 14.2 Å². The number of rotatable bonds is 5. The van der Waals surface area contributed by atoms with E-state index >= 15 is 0 Å².